The van der Waals surface area contributed by atoms with Crippen LogP contribution in [0.15, 0.2) is 71.1 Å². The van der Waals surface area contributed by atoms with Crippen molar-refractivity contribution in [2.24, 2.45) is 0 Å². The topological polar surface area (TPSA) is 63.0 Å². The second-order valence-corrected chi connectivity index (χ2v) is 7.33. The third-order valence-electron chi connectivity index (χ3n) is 5.03. The van der Waals surface area contributed by atoms with Crippen LogP contribution in [0.5, 0.6) is 0 Å². The minimum Gasteiger partial charge on any atom is -0.450 e. The zero-order valence-electron chi connectivity index (χ0n) is 16.3. The average Bonchev–Trinajstić information content (AvgIpc) is 3.28. The number of amides is 1. The van der Waals surface area contributed by atoms with E-state index in [1.807, 2.05) is 30.3 Å². The lowest BCUT2D eigenvalue weighted by atomic mass is 10.2. The molecule has 4 rings (SSSR count). The number of anilines is 1. The molecule has 0 radical (unpaired) electrons. The molecular formula is C23H21ClN2O4. The van der Waals surface area contributed by atoms with Crippen LogP contribution in [-0.4, -0.2) is 49.6 Å². The molecular weight excluding hydrogens is 404 g/mol. The van der Waals surface area contributed by atoms with Crippen molar-refractivity contribution in [3.63, 3.8) is 0 Å². The Kier molecular flexibility index (Phi) is 6.05. The number of carbonyl (C=O) groups excluding carboxylic acids is 2. The minimum absolute atomic E-state index is 0.0339. The predicted octanol–water partition coefficient (Wildman–Crippen LogP) is 4.11. The van der Waals surface area contributed by atoms with Crippen molar-refractivity contribution in [2.45, 2.75) is 0 Å². The quantitative estimate of drug-likeness (QED) is 0.577. The van der Waals surface area contributed by atoms with E-state index in [0.29, 0.717) is 29.4 Å². The fourth-order valence-electron chi connectivity index (χ4n) is 3.40. The van der Waals surface area contributed by atoms with E-state index in [9.17, 15) is 9.59 Å². The van der Waals surface area contributed by atoms with Crippen molar-refractivity contribution in [3.8, 4) is 11.3 Å². The van der Waals surface area contributed by atoms with E-state index in [-0.39, 0.29) is 18.3 Å². The highest BCUT2D eigenvalue weighted by Gasteiger charge is 2.23. The van der Waals surface area contributed by atoms with Crippen LogP contribution in [0, 0.1) is 0 Å². The van der Waals surface area contributed by atoms with Gasteiger partial charge in [-0.05, 0) is 36.4 Å². The number of ether oxygens (including phenoxy) is 1. The number of carbonyl (C=O) groups is 2. The fourth-order valence-corrected chi connectivity index (χ4v) is 3.62. The number of hydrogen-bond acceptors (Lipinski definition) is 5. The average molecular weight is 425 g/mol. The lowest BCUT2D eigenvalue weighted by molar-refractivity contribution is -0.134. The Morgan fingerprint density at radius 1 is 0.900 bits per heavy atom. The molecule has 1 amide bonds. The summed E-state index contributed by atoms with van der Waals surface area (Å²) in [5.41, 5.74) is 1.83. The summed E-state index contributed by atoms with van der Waals surface area (Å²) in [5.74, 6) is -0.388. The van der Waals surface area contributed by atoms with Crippen LogP contribution in [0.4, 0.5) is 5.69 Å². The summed E-state index contributed by atoms with van der Waals surface area (Å²) in [6.45, 7) is 2.34. The van der Waals surface area contributed by atoms with Gasteiger partial charge in [0.1, 0.15) is 5.76 Å². The number of benzene rings is 2. The summed E-state index contributed by atoms with van der Waals surface area (Å²) >= 11 is 6.16. The molecule has 2 heterocycles. The van der Waals surface area contributed by atoms with E-state index in [2.05, 4.69) is 17.0 Å². The zero-order chi connectivity index (χ0) is 20.9. The first-order valence-corrected chi connectivity index (χ1v) is 10.1. The number of piperazine rings is 1. The van der Waals surface area contributed by atoms with Crippen molar-refractivity contribution in [1.82, 2.24) is 4.90 Å². The van der Waals surface area contributed by atoms with Gasteiger partial charge in [-0.3, -0.25) is 4.79 Å². The number of para-hydroxylation sites is 1. The lowest BCUT2D eigenvalue weighted by Crippen LogP contribution is -2.49. The first-order chi connectivity index (χ1) is 14.6. The maximum absolute atomic E-state index is 12.4. The van der Waals surface area contributed by atoms with Crippen molar-refractivity contribution >= 4 is 29.2 Å². The van der Waals surface area contributed by atoms with Gasteiger partial charge >= 0.3 is 5.97 Å². The molecule has 1 fully saturated rings. The van der Waals surface area contributed by atoms with E-state index in [0.717, 1.165) is 18.8 Å². The van der Waals surface area contributed by atoms with Gasteiger partial charge in [-0.25, -0.2) is 4.79 Å². The van der Waals surface area contributed by atoms with Gasteiger partial charge in [0.25, 0.3) is 5.91 Å². The van der Waals surface area contributed by atoms with Crippen LogP contribution in [0.2, 0.25) is 5.02 Å². The molecule has 0 atom stereocenters. The molecule has 30 heavy (non-hydrogen) atoms. The maximum atomic E-state index is 12.4. The summed E-state index contributed by atoms with van der Waals surface area (Å²) in [6.07, 6.45) is 0. The van der Waals surface area contributed by atoms with Crippen LogP contribution in [0.3, 0.4) is 0 Å². The van der Waals surface area contributed by atoms with Crippen molar-refractivity contribution < 1.29 is 18.7 Å². The highest BCUT2D eigenvalue weighted by atomic mass is 35.5. The smallest absolute Gasteiger partial charge is 0.374 e. The molecule has 2 aromatic carbocycles. The van der Waals surface area contributed by atoms with Crippen molar-refractivity contribution in [3.05, 3.63) is 77.5 Å². The number of rotatable bonds is 5. The molecule has 0 unspecified atom stereocenters. The highest BCUT2D eigenvalue weighted by molar-refractivity contribution is 6.33. The first-order valence-electron chi connectivity index (χ1n) is 9.71. The molecule has 1 saturated heterocycles. The Labute approximate surface area is 179 Å². The second kappa shape index (κ2) is 9.05. The van der Waals surface area contributed by atoms with Crippen LogP contribution in [-0.2, 0) is 9.53 Å². The number of hydrogen-bond donors (Lipinski definition) is 0. The van der Waals surface area contributed by atoms with Crippen molar-refractivity contribution in [2.75, 3.05) is 37.7 Å². The van der Waals surface area contributed by atoms with Gasteiger partial charge in [-0.2, -0.15) is 0 Å². The SMILES string of the molecule is O=C(OCC(=O)N1CCN(c2ccccc2)CC1)c1ccc(-c2ccccc2Cl)o1. The molecule has 0 aliphatic carbocycles. The summed E-state index contributed by atoms with van der Waals surface area (Å²) in [5, 5.41) is 0.525. The molecule has 1 aromatic heterocycles. The van der Waals surface area contributed by atoms with E-state index in [4.69, 9.17) is 20.8 Å². The Hall–Kier alpha value is -3.25. The zero-order valence-corrected chi connectivity index (χ0v) is 17.0. The van der Waals surface area contributed by atoms with Gasteiger partial charge in [-0.15, -0.1) is 0 Å². The largest absolute Gasteiger partial charge is 0.450 e. The fraction of sp³-hybridized carbons (Fsp3) is 0.217. The highest BCUT2D eigenvalue weighted by Crippen LogP contribution is 2.29. The van der Waals surface area contributed by atoms with Crippen LogP contribution in [0.25, 0.3) is 11.3 Å². The molecule has 0 spiro atoms. The molecule has 1 aliphatic heterocycles. The third kappa shape index (κ3) is 4.49. The third-order valence-corrected chi connectivity index (χ3v) is 5.36. The maximum Gasteiger partial charge on any atom is 0.374 e. The van der Waals surface area contributed by atoms with Crippen molar-refractivity contribution in [1.29, 1.82) is 0 Å². The molecule has 0 saturated carbocycles. The van der Waals surface area contributed by atoms with Gasteiger partial charge in [0, 0.05) is 37.4 Å². The minimum atomic E-state index is -0.676. The first kappa shape index (κ1) is 20.0. The van der Waals surface area contributed by atoms with Gasteiger partial charge < -0.3 is 19.0 Å². The summed E-state index contributed by atoms with van der Waals surface area (Å²) < 4.78 is 10.7. The van der Waals surface area contributed by atoms with Gasteiger partial charge in [0.2, 0.25) is 5.76 Å². The van der Waals surface area contributed by atoms with Gasteiger partial charge in [-0.1, -0.05) is 41.9 Å². The molecule has 7 heteroatoms. The predicted molar refractivity (Wildman–Crippen MR) is 115 cm³/mol. The normalized spacial score (nSPS) is 13.9. The monoisotopic (exact) mass is 424 g/mol. The van der Waals surface area contributed by atoms with Gasteiger partial charge in [0.05, 0.1) is 5.02 Å². The number of nitrogens with zero attached hydrogens (tertiary/aromatic N) is 2. The molecule has 1 aliphatic rings. The van der Waals surface area contributed by atoms with E-state index in [1.54, 1.807) is 23.1 Å². The van der Waals surface area contributed by atoms with Crippen LogP contribution in [0.1, 0.15) is 10.6 Å². The van der Waals surface area contributed by atoms with E-state index < -0.39 is 5.97 Å². The molecule has 0 N–H and O–H groups in total. The van der Waals surface area contributed by atoms with Crippen LogP contribution >= 0.6 is 11.6 Å². The van der Waals surface area contributed by atoms with E-state index in [1.165, 1.54) is 6.07 Å². The molecule has 0 bridgehead atoms. The van der Waals surface area contributed by atoms with Gasteiger partial charge in [0.15, 0.2) is 6.61 Å². The number of esters is 1. The Morgan fingerprint density at radius 2 is 1.60 bits per heavy atom. The molecule has 6 nitrogen and oxygen atoms in total. The Balaban J connectivity index is 1.28. The second-order valence-electron chi connectivity index (χ2n) is 6.92. The number of halogens is 1. The van der Waals surface area contributed by atoms with E-state index >= 15 is 0 Å². The van der Waals surface area contributed by atoms with Crippen LogP contribution < -0.4 is 4.90 Å². The molecule has 3 aromatic rings. The Morgan fingerprint density at radius 3 is 2.33 bits per heavy atom. The molecule has 154 valence electrons. The Bertz CT molecular complexity index is 1030. The number of furan rings is 1. The standard InChI is InChI=1S/C23H21ClN2O4/c24-19-9-5-4-8-18(19)20-10-11-21(30-20)23(28)29-16-22(27)26-14-12-25(13-15-26)17-6-2-1-3-7-17/h1-11H,12-16H2. The summed E-state index contributed by atoms with van der Waals surface area (Å²) in [7, 11) is 0. The summed E-state index contributed by atoms with van der Waals surface area (Å²) in [4.78, 5) is 28.6. The summed E-state index contributed by atoms with van der Waals surface area (Å²) in [6, 6.07) is 20.4. The lowest BCUT2D eigenvalue weighted by Gasteiger charge is -2.36.